The van der Waals surface area contributed by atoms with Gasteiger partial charge in [-0.3, -0.25) is 0 Å². The standard InChI is InChI=1S/C16H28N8O/c1-7-8-19-14-20-10-11(12(17-4)22-14)21-15(23-13(10)18-5)24(6)9-16(2,3)25/h25H,7-9H2,1-6H3,(H,18,21,23)(H2,17,19,20,22). The highest BCUT2D eigenvalue weighted by Crippen LogP contribution is 2.27. The fourth-order valence-corrected chi connectivity index (χ4v) is 2.49. The van der Waals surface area contributed by atoms with Gasteiger partial charge in [0.15, 0.2) is 11.6 Å². The Bertz CT molecular complexity index is 728. The third-order valence-corrected chi connectivity index (χ3v) is 3.50. The number of nitrogens with one attached hydrogen (secondary N) is 3. The Kier molecular flexibility index (Phi) is 5.78. The molecule has 2 aromatic rings. The average Bonchev–Trinajstić information content (AvgIpc) is 2.56. The van der Waals surface area contributed by atoms with Gasteiger partial charge in [0.1, 0.15) is 11.0 Å². The maximum atomic E-state index is 10.1. The largest absolute Gasteiger partial charge is 0.389 e. The number of anilines is 4. The van der Waals surface area contributed by atoms with Crippen LogP contribution < -0.4 is 20.9 Å². The lowest BCUT2D eigenvalue weighted by Crippen LogP contribution is -2.37. The van der Waals surface area contributed by atoms with Crippen LogP contribution in [0.2, 0.25) is 0 Å². The Morgan fingerprint density at radius 2 is 1.60 bits per heavy atom. The van der Waals surface area contributed by atoms with Crippen molar-refractivity contribution in [3.63, 3.8) is 0 Å². The van der Waals surface area contributed by atoms with E-state index < -0.39 is 5.60 Å². The van der Waals surface area contributed by atoms with Gasteiger partial charge in [-0.2, -0.15) is 9.97 Å². The first-order valence-electron chi connectivity index (χ1n) is 8.41. The lowest BCUT2D eigenvalue weighted by atomic mass is 10.1. The van der Waals surface area contributed by atoms with Crippen molar-refractivity contribution in [3.05, 3.63) is 0 Å². The molecule has 2 aromatic heterocycles. The summed E-state index contributed by atoms with van der Waals surface area (Å²) < 4.78 is 0. The predicted molar refractivity (Wildman–Crippen MR) is 103 cm³/mol. The van der Waals surface area contributed by atoms with Crippen molar-refractivity contribution in [2.45, 2.75) is 32.8 Å². The fraction of sp³-hybridized carbons (Fsp3) is 0.625. The van der Waals surface area contributed by atoms with E-state index in [9.17, 15) is 5.11 Å². The minimum absolute atomic E-state index is 0.396. The quantitative estimate of drug-likeness (QED) is 0.564. The topological polar surface area (TPSA) is 111 Å². The Labute approximate surface area is 148 Å². The van der Waals surface area contributed by atoms with Crippen LogP contribution in [0.1, 0.15) is 27.2 Å². The summed E-state index contributed by atoms with van der Waals surface area (Å²) in [7, 11) is 5.43. The molecule has 9 nitrogen and oxygen atoms in total. The van der Waals surface area contributed by atoms with Crippen LogP contribution in [0, 0.1) is 0 Å². The Hall–Kier alpha value is -2.42. The molecule has 4 N–H and O–H groups in total. The first-order valence-corrected chi connectivity index (χ1v) is 8.41. The zero-order valence-electron chi connectivity index (χ0n) is 15.8. The van der Waals surface area contributed by atoms with Gasteiger partial charge in [0.05, 0.1) is 5.60 Å². The molecule has 138 valence electrons. The molecule has 2 rings (SSSR count). The molecular formula is C16H28N8O. The summed E-state index contributed by atoms with van der Waals surface area (Å²) >= 11 is 0. The third kappa shape index (κ3) is 4.56. The molecule has 0 amide bonds. The number of hydrogen-bond donors (Lipinski definition) is 4. The maximum absolute atomic E-state index is 10.1. The van der Waals surface area contributed by atoms with E-state index in [-0.39, 0.29) is 0 Å². The number of rotatable bonds is 8. The van der Waals surface area contributed by atoms with E-state index in [1.807, 2.05) is 11.9 Å². The van der Waals surface area contributed by atoms with Crippen LogP contribution in [-0.2, 0) is 0 Å². The summed E-state index contributed by atoms with van der Waals surface area (Å²) in [6.45, 7) is 6.76. The van der Waals surface area contributed by atoms with Crippen LogP contribution in [0.25, 0.3) is 11.0 Å². The van der Waals surface area contributed by atoms with E-state index >= 15 is 0 Å². The lowest BCUT2D eigenvalue weighted by Gasteiger charge is -2.26. The molecule has 0 saturated heterocycles. The summed E-state index contributed by atoms with van der Waals surface area (Å²) in [6.07, 6.45) is 0.979. The second-order valence-electron chi connectivity index (χ2n) is 6.56. The average molecular weight is 348 g/mol. The monoisotopic (exact) mass is 348 g/mol. The summed E-state index contributed by atoms with van der Waals surface area (Å²) in [5.41, 5.74) is 0.408. The number of aromatic nitrogens is 4. The van der Waals surface area contributed by atoms with Crippen LogP contribution in [-0.4, -0.2) is 64.9 Å². The van der Waals surface area contributed by atoms with E-state index in [4.69, 9.17) is 0 Å². The minimum Gasteiger partial charge on any atom is -0.389 e. The molecule has 0 aliphatic carbocycles. The van der Waals surface area contributed by atoms with Gasteiger partial charge in [-0.15, -0.1) is 0 Å². The van der Waals surface area contributed by atoms with E-state index in [0.717, 1.165) is 13.0 Å². The van der Waals surface area contributed by atoms with Crippen molar-refractivity contribution in [3.8, 4) is 0 Å². The number of nitrogens with zero attached hydrogens (tertiary/aromatic N) is 5. The molecule has 0 aliphatic rings. The first kappa shape index (κ1) is 18.9. The molecule has 0 fully saturated rings. The van der Waals surface area contributed by atoms with Crippen molar-refractivity contribution in [1.82, 2.24) is 19.9 Å². The number of hydrogen-bond acceptors (Lipinski definition) is 9. The Morgan fingerprint density at radius 3 is 2.16 bits per heavy atom. The van der Waals surface area contributed by atoms with Gasteiger partial charge in [-0.05, 0) is 20.3 Å². The highest BCUT2D eigenvalue weighted by atomic mass is 16.3. The molecule has 0 saturated carbocycles. The van der Waals surface area contributed by atoms with Gasteiger partial charge in [0.2, 0.25) is 11.9 Å². The van der Waals surface area contributed by atoms with E-state index in [0.29, 0.717) is 41.1 Å². The van der Waals surface area contributed by atoms with Gasteiger partial charge < -0.3 is 26.0 Å². The molecule has 0 radical (unpaired) electrons. The Morgan fingerprint density at radius 1 is 1.00 bits per heavy atom. The van der Waals surface area contributed by atoms with Crippen molar-refractivity contribution < 1.29 is 5.11 Å². The molecule has 25 heavy (non-hydrogen) atoms. The summed E-state index contributed by atoms with van der Waals surface area (Å²) in [6, 6.07) is 0. The number of fused-ring (bicyclic) bond motifs is 1. The molecular weight excluding hydrogens is 320 g/mol. The SMILES string of the molecule is CCCNc1nc(NC)c2nc(N(C)CC(C)(C)O)nc(NC)c2n1. The summed E-state index contributed by atoms with van der Waals surface area (Å²) in [5.74, 6) is 2.27. The third-order valence-electron chi connectivity index (χ3n) is 3.50. The van der Waals surface area contributed by atoms with Crippen LogP contribution in [0.15, 0.2) is 0 Å². The molecule has 9 heteroatoms. The van der Waals surface area contributed by atoms with Crippen molar-refractivity contribution in [1.29, 1.82) is 0 Å². The van der Waals surface area contributed by atoms with Crippen molar-refractivity contribution in [2.75, 3.05) is 55.1 Å². The second kappa shape index (κ2) is 7.64. The fourth-order valence-electron chi connectivity index (χ4n) is 2.49. The van der Waals surface area contributed by atoms with Crippen LogP contribution in [0.5, 0.6) is 0 Å². The van der Waals surface area contributed by atoms with Gasteiger partial charge >= 0.3 is 0 Å². The number of aliphatic hydroxyl groups is 1. The van der Waals surface area contributed by atoms with E-state index in [1.165, 1.54) is 0 Å². The summed E-state index contributed by atoms with van der Waals surface area (Å²) in [5, 5.41) is 19.4. The molecule has 0 aliphatic heterocycles. The van der Waals surface area contributed by atoms with Crippen LogP contribution in [0.3, 0.4) is 0 Å². The Balaban J connectivity index is 2.55. The van der Waals surface area contributed by atoms with E-state index in [2.05, 4.69) is 42.8 Å². The molecule has 0 bridgehead atoms. The van der Waals surface area contributed by atoms with Gasteiger partial charge in [0, 0.05) is 34.2 Å². The lowest BCUT2D eigenvalue weighted by molar-refractivity contribution is 0.0883. The van der Waals surface area contributed by atoms with Crippen LogP contribution >= 0.6 is 0 Å². The maximum Gasteiger partial charge on any atom is 0.227 e. The van der Waals surface area contributed by atoms with Crippen molar-refractivity contribution >= 4 is 34.6 Å². The molecule has 0 aromatic carbocycles. The highest BCUT2D eigenvalue weighted by molar-refractivity contribution is 5.94. The number of likely N-dealkylation sites (N-methyl/N-ethyl adjacent to an activating group) is 1. The predicted octanol–water partition coefficient (Wildman–Crippen LogP) is 1.53. The van der Waals surface area contributed by atoms with Crippen LogP contribution in [0.4, 0.5) is 23.5 Å². The molecule has 0 unspecified atom stereocenters. The van der Waals surface area contributed by atoms with Crippen molar-refractivity contribution in [2.24, 2.45) is 0 Å². The van der Waals surface area contributed by atoms with Gasteiger partial charge in [0.25, 0.3) is 0 Å². The van der Waals surface area contributed by atoms with Gasteiger partial charge in [-0.25, -0.2) is 9.97 Å². The normalized spacial score (nSPS) is 11.5. The smallest absolute Gasteiger partial charge is 0.227 e. The second-order valence-corrected chi connectivity index (χ2v) is 6.56. The molecule has 0 spiro atoms. The highest BCUT2D eigenvalue weighted by Gasteiger charge is 2.20. The van der Waals surface area contributed by atoms with E-state index in [1.54, 1.807) is 27.9 Å². The zero-order valence-corrected chi connectivity index (χ0v) is 15.8. The first-order chi connectivity index (χ1) is 11.8. The van der Waals surface area contributed by atoms with Gasteiger partial charge in [-0.1, -0.05) is 6.92 Å². The zero-order chi connectivity index (χ0) is 18.6. The summed E-state index contributed by atoms with van der Waals surface area (Å²) in [4.78, 5) is 20.0. The molecule has 0 atom stereocenters. The molecule has 2 heterocycles. The minimum atomic E-state index is -0.858.